The highest BCUT2D eigenvalue weighted by atomic mass is 32.2. The van der Waals surface area contributed by atoms with Gasteiger partial charge in [0.05, 0.1) is 5.25 Å². The zero-order valence-corrected chi connectivity index (χ0v) is 10.4. The maximum atomic E-state index is 12.0. The molecule has 1 aliphatic carbocycles. The van der Waals surface area contributed by atoms with Crippen LogP contribution in [0.25, 0.3) is 0 Å². The highest BCUT2D eigenvalue weighted by molar-refractivity contribution is 8.01. The van der Waals surface area contributed by atoms with E-state index in [1.807, 2.05) is 16.7 Å². The van der Waals surface area contributed by atoms with Crippen LogP contribution in [0.3, 0.4) is 0 Å². The van der Waals surface area contributed by atoms with Crippen molar-refractivity contribution in [1.82, 2.24) is 4.90 Å². The van der Waals surface area contributed by atoms with Crippen LogP contribution < -0.4 is 0 Å². The van der Waals surface area contributed by atoms with Crippen molar-refractivity contribution in [2.75, 3.05) is 13.1 Å². The van der Waals surface area contributed by atoms with Crippen molar-refractivity contribution in [3.05, 3.63) is 0 Å². The van der Waals surface area contributed by atoms with Crippen LogP contribution in [0.5, 0.6) is 0 Å². The summed E-state index contributed by atoms with van der Waals surface area (Å²) in [6.45, 7) is 4.08. The van der Waals surface area contributed by atoms with Gasteiger partial charge < -0.3 is 4.90 Å². The molecule has 2 rings (SSSR count). The van der Waals surface area contributed by atoms with Gasteiger partial charge in [-0.3, -0.25) is 4.79 Å². The van der Waals surface area contributed by atoms with Crippen molar-refractivity contribution in [2.24, 2.45) is 0 Å². The van der Waals surface area contributed by atoms with Crippen LogP contribution in [0, 0.1) is 0 Å². The Labute approximate surface area is 96.8 Å². The van der Waals surface area contributed by atoms with E-state index in [9.17, 15) is 4.79 Å². The number of thioether (sulfide) groups is 1. The summed E-state index contributed by atoms with van der Waals surface area (Å²) in [4.78, 5) is 14.1. The summed E-state index contributed by atoms with van der Waals surface area (Å²) in [6.07, 6.45) is 7.77. The summed E-state index contributed by atoms with van der Waals surface area (Å²) in [7, 11) is 0. The van der Waals surface area contributed by atoms with Crippen molar-refractivity contribution in [3.63, 3.8) is 0 Å². The van der Waals surface area contributed by atoms with E-state index in [1.165, 1.54) is 38.5 Å². The molecule has 0 N–H and O–H groups in total. The third-order valence-electron chi connectivity index (χ3n) is 3.46. The van der Waals surface area contributed by atoms with E-state index in [-0.39, 0.29) is 5.25 Å². The van der Waals surface area contributed by atoms with Crippen LogP contribution in [0.1, 0.15) is 45.4 Å². The third-order valence-corrected chi connectivity index (χ3v) is 4.93. The van der Waals surface area contributed by atoms with Gasteiger partial charge in [0.25, 0.3) is 0 Å². The highest BCUT2D eigenvalue weighted by Gasteiger charge is 2.27. The lowest BCUT2D eigenvalue weighted by Crippen LogP contribution is -2.34. The van der Waals surface area contributed by atoms with Gasteiger partial charge in [0, 0.05) is 18.3 Å². The zero-order chi connectivity index (χ0) is 10.7. The van der Waals surface area contributed by atoms with Crippen molar-refractivity contribution >= 4 is 17.7 Å². The van der Waals surface area contributed by atoms with Gasteiger partial charge >= 0.3 is 0 Å². The number of amides is 1. The molecule has 1 saturated carbocycles. The van der Waals surface area contributed by atoms with Crippen LogP contribution in [0.15, 0.2) is 0 Å². The van der Waals surface area contributed by atoms with Crippen molar-refractivity contribution in [1.29, 1.82) is 0 Å². The van der Waals surface area contributed by atoms with Crippen LogP contribution in [0.2, 0.25) is 0 Å². The van der Waals surface area contributed by atoms with E-state index in [0.29, 0.717) is 5.91 Å². The fraction of sp³-hybridized carbons (Fsp3) is 0.917. The summed E-state index contributed by atoms with van der Waals surface area (Å²) < 4.78 is 0. The lowest BCUT2D eigenvalue weighted by atomic mass is 10.4. The second-order valence-corrected chi connectivity index (χ2v) is 6.36. The molecule has 0 aromatic rings. The van der Waals surface area contributed by atoms with Gasteiger partial charge in [-0.2, -0.15) is 0 Å². The van der Waals surface area contributed by atoms with Crippen molar-refractivity contribution in [2.45, 2.75) is 55.9 Å². The van der Waals surface area contributed by atoms with E-state index in [2.05, 4.69) is 6.92 Å². The fourth-order valence-electron chi connectivity index (χ4n) is 2.57. The Morgan fingerprint density at radius 1 is 1.20 bits per heavy atom. The summed E-state index contributed by atoms with van der Waals surface area (Å²) in [6, 6.07) is 0. The van der Waals surface area contributed by atoms with E-state index < -0.39 is 0 Å². The van der Waals surface area contributed by atoms with E-state index in [1.54, 1.807) is 0 Å². The third kappa shape index (κ3) is 2.90. The minimum Gasteiger partial charge on any atom is -0.342 e. The first kappa shape index (κ1) is 11.3. The lowest BCUT2D eigenvalue weighted by Gasteiger charge is -2.22. The fourth-order valence-corrected chi connectivity index (χ4v) is 4.01. The lowest BCUT2D eigenvalue weighted by molar-refractivity contribution is -0.129. The summed E-state index contributed by atoms with van der Waals surface area (Å²) in [5.41, 5.74) is 0. The quantitative estimate of drug-likeness (QED) is 0.739. The standard InChI is InChI=1S/C12H21NOS/c1-10(15-11-6-2-3-7-11)12(14)13-8-4-5-9-13/h10-11H,2-9H2,1H3. The maximum Gasteiger partial charge on any atom is 0.235 e. The topological polar surface area (TPSA) is 20.3 Å². The molecule has 1 unspecified atom stereocenters. The Bertz CT molecular complexity index is 220. The molecule has 0 spiro atoms. The molecule has 2 nitrogen and oxygen atoms in total. The molecule has 1 saturated heterocycles. The second kappa shape index (κ2) is 5.24. The summed E-state index contributed by atoms with van der Waals surface area (Å²) >= 11 is 1.91. The maximum absolute atomic E-state index is 12.0. The molecular weight excluding hydrogens is 206 g/mol. The number of rotatable bonds is 3. The van der Waals surface area contributed by atoms with E-state index >= 15 is 0 Å². The highest BCUT2D eigenvalue weighted by Crippen LogP contribution is 2.33. The Balaban J connectivity index is 1.78. The first-order valence-corrected chi connectivity index (χ1v) is 7.16. The van der Waals surface area contributed by atoms with Crippen LogP contribution >= 0.6 is 11.8 Å². The Hall–Kier alpha value is -0.180. The molecular formula is C12H21NOS. The predicted octanol–water partition coefficient (Wildman–Crippen LogP) is 2.67. The van der Waals surface area contributed by atoms with Crippen molar-refractivity contribution in [3.8, 4) is 0 Å². The predicted molar refractivity (Wildman–Crippen MR) is 65.1 cm³/mol. The first-order valence-electron chi connectivity index (χ1n) is 6.21. The van der Waals surface area contributed by atoms with Crippen LogP contribution in [-0.4, -0.2) is 34.4 Å². The number of likely N-dealkylation sites (tertiary alicyclic amines) is 1. The van der Waals surface area contributed by atoms with Crippen LogP contribution in [0.4, 0.5) is 0 Å². The Kier molecular flexibility index (Phi) is 3.95. The molecule has 3 heteroatoms. The molecule has 0 aromatic carbocycles. The van der Waals surface area contributed by atoms with Gasteiger partial charge in [-0.15, -0.1) is 11.8 Å². The van der Waals surface area contributed by atoms with Gasteiger partial charge in [-0.1, -0.05) is 12.8 Å². The summed E-state index contributed by atoms with van der Waals surface area (Å²) in [5, 5.41) is 0.942. The Morgan fingerprint density at radius 2 is 1.80 bits per heavy atom. The number of carbonyl (C=O) groups is 1. The smallest absolute Gasteiger partial charge is 0.235 e. The molecule has 1 aliphatic heterocycles. The number of nitrogens with zero attached hydrogens (tertiary/aromatic N) is 1. The minimum atomic E-state index is 0.186. The van der Waals surface area contributed by atoms with E-state index in [0.717, 1.165) is 18.3 Å². The van der Waals surface area contributed by atoms with Gasteiger partial charge in [0.2, 0.25) is 5.91 Å². The Morgan fingerprint density at radius 3 is 2.40 bits per heavy atom. The zero-order valence-electron chi connectivity index (χ0n) is 9.58. The summed E-state index contributed by atoms with van der Waals surface area (Å²) in [5.74, 6) is 0.379. The van der Waals surface area contributed by atoms with Crippen LogP contribution in [-0.2, 0) is 4.79 Å². The van der Waals surface area contributed by atoms with Gasteiger partial charge in [-0.25, -0.2) is 0 Å². The molecule has 0 bridgehead atoms. The molecule has 2 fully saturated rings. The SMILES string of the molecule is CC(SC1CCCC1)C(=O)N1CCCC1. The molecule has 86 valence electrons. The van der Waals surface area contributed by atoms with E-state index in [4.69, 9.17) is 0 Å². The minimum absolute atomic E-state index is 0.186. The van der Waals surface area contributed by atoms with Gasteiger partial charge in [-0.05, 0) is 32.6 Å². The normalized spacial score (nSPS) is 24.7. The van der Waals surface area contributed by atoms with Crippen molar-refractivity contribution < 1.29 is 4.79 Å². The number of hydrogen-bond acceptors (Lipinski definition) is 2. The van der Waals surface area contributed by atoms with Gasteiger partial charge in [0.15, 0.2) is 0 Å². The molecule has 15 heavy (non-hydrogen) atoms. The second-order valence-electron chi connectivity index (χ2n) is 4.72. The molecule has 1 atom stereocenters. The first-order chi connectivity index (χ1) is 7.27. The largest absolute Gasteiger partial charge is 0.342 e. The molecule has 0 aromatic heterocycles. The number of carbonyl (C=O) groups excluding carboxylic acids is 1. The monoisotopic (exact) mass is 227 g/mol. The number of hydrogen-bond donors (Lipinski definition) is 0. The molecule has 2 aliphatic rings. The molecule has 0 radical (unpaired) electrons. The average Bonchev–Trinajstić information content (AvgIpc) is 2.88. The average molecular weight is 227 g/mol. The van der Waals surface area contributed by atoms with Gasteiger partial charge in [0.1, 0.15) is 0 Å². The molecule has 1 amide bonds. The molecule has 1 heterocycles.